The number of aromatic nitrogens is 2. The van der Waals surface area contributed by atoms with Gasteiger partial charge in [-0.3, -0.25) is 15.3 Å². The molecular formula is C16H14Cl2F4N6O. The van der Waals surface area contributed by atoms with E-state index in [4.69, 9.17) is 34.3 Å². The van der Waals surface area contributed by atoms with Gasteiger partial charge in [0.15, 0.2) is 0 Å². The zero-order chi connectivity index (χ0) is 21.3. The minimum Gasteiger partial charge on any atom is -0.386 e. The molecule has 2 aromatic rings. The number of nitrogens with two attached hydrogens (primary N) is 1. The fraction of sp³-hybridized carbons (Fsp3) is 0.375. The summed E-state index contributed by atoms with van der Waals surface area (Å²) in [7, 11) is 0. The lowest BCUT2D eigenvalue weighted by Crippen LogP contribution is -2.50. The summed E-state index contributed by atoms with van der Waals surface area (Å²) in [6.45, 7) is 0.833. The van der Waals surface area contributed by atoms with Crippen molar-refractivity contribution in [1.82, 2.24) is 15.0 Å². The highest BCUT2D eigenvalue weighted by Gasteiger charge is 2.38. The first-order valence-corrected chi connectivity index (χ1v) is 8.98. The minimum absolute atomic E-state index is 0.0984. The predicted molar refractivity (Wildman–Crippen MR) is 97.9 cm³/mol. The van der Waals surface area contributed by atoms with Crippen LogP contribution in [-0.2, 0) is 12.7 Å². The van der Waals surface area contributed by atoms with Crippen LogP contribution in [0.1, 0.15) is 23.7 Å². The Morgan fingerprint density at radius 1 is 1.34 bits per heavy atom. The van der Waals surface area contributed by atoms with E-state index in [0.29, 0.717) is 18.7 Å². The van der Waals surface area contributed by atoms with Gasteiger partial charge >= 0.3 is 6.18 Å². The van der Waals surface area contributed by atoms with E-state index < -0.39 is 29.8 Å². The van der Waals surface area contributed by atoms with E-state index in [1.807, 2.05) is 0 Å². The first-order valence-electron chi connectivity index (χ1n) is 8.23. The maximum Gasteiger partial charge on any atom is 0.455 e. The van der Waals surface area contributed by atoms with Crippen LogP contribution in [0.25, 0.3) is 0 Å². The molecule has 1 aromatic heterocycles. The van der Waals surface area contributed by atoms with Gasteiger partial charge in [-0.2, -0.15) is 18.2 Å². The highest BCUT2D eigenvalue weighted by Crippen LogP contribution is 2.30. The molecule has 1 aliphatic heterocycles. The van der Waals surface area contributed by atoms with Crippen molar-refractivity contribution in [3.63, 3.8) is 0 Å². The predicted octanol–water partition coefficient (Wildman–Crippen LogP) is 3.53. The number of hydrogen-bond donors (Lipinski definition) is 2. The summed E-state index contributed by atoms with van der Waals surface area (Å²) in [5, 5.41) is 11.0. The van der Waals surface area contributed by atoms with E-state index in [2.05, 4.69) is 19.7 Å². The highest BCUT2D eigenvalue weighted by atomic mass is 35.5. The van der Waals surface area contributed by atoms with Crippen molar-refractivity contribution in [1.29, 1.82) is 5.41 Å². The lowest BCUT2D eigenvalue weighted by Gasteiger charge is -2.34. The molecule has 0 saturated heterocycles. The van der Waals surface area contributed by atoms with Crippen LogP contribution < -0.4 is 5.73 Å². The minimum atomic E-state index is -4.79. The molecule has 1 aliphatic rings. The van der Waals surface area contributed by atoms with Crippen molar-refractivity contribution < 1.29 is 22.1 Å². The average Bonchev–Trinajstić information content (AvgIpc) is 3.15. The fourth-order valence-corrected chi connectivity index (χ4v) is 3.33. The van der Waals surface area contributed by atoms with E-state index in [1.54, 1.807) is 4.90 Å². The second-order valence-electron chi connectivity index (χ2n) is 6.22. The number of nitrogens with one attached hydrogen (secondary N) is 1. The summed E-state index contributed by atoms with van der Waals surface area (Å²) in [5.41, 5.74) is 5.94. The summed E-state index contributed by atoms with van der Waals surface area (Å²) in [5.74, 6) is -2.52. The van der Waals surface area contributed by atoms with Crippen molar-refractivity contribution in [3.8, 4) is 0 Å². The normalized spacial score (nSPS) is 18.0. The Labute approximate surface area is 172 Å². The van der Waals surface area contributed by atoms with Gasteiger partial charge in [0.1, 0.15) is 11.7 Å². The number of halogens is 6. The molecule has 0 bridgehead atoms. The van der Waals surface area contributed by atoms with E-state index in [0.717, 1.165) is 6.07 Å². The number of alkyl halides is 3. The standard InChI is InChI=1S/C16H14Cl2F4N6O/c17-8-1-2-9(19)12(18)7(8)6-28-4-3-25-13(24)11(28)5-10(23)14-26-15(27-29-14)16(20,21)22/h1-2,11,23H,3-6H2,(H2,24,25). The first kappa shape index (κ1) is 21.5. The molecule has 0 fully saturated rings. The van der Waals surface area contributed by atoms with Crippen LogP contribution in [0.5, 0.6) is 0 Å². The molecule has 0 spiro atoms. The molecule has 0 amide bonds. The fourth-order valence-electron chi connectivity index (χ4n) is 2.84. The molecule has 1 unspecified atom stereocenters. The highest BCUT2D eigenvalue weighted by molar-refractivity contribution is 6.36. The van der Waals surface area contributed by atoms with E-state index in [1.165, 1.54) is 6.07 Å². The molecule has 0 radical (unpaired) electrons. The Balaban J connectivity index is 1.81. The van der Waals surface area contributed by atoms with E-state index >= 15 is 0 Å². The molecule has 29 heavy (non-hydrogen) atoms. The molecule has 2 heterocycles. The average molecular weight is 453 g/mol. The molecule has 3 N–H and O–H groups in total. The van der Waals surface area contributed by atoms with Gasteiger partial charge in [-0.15, -0.1) is 0 Å². The lowest BCUT2D eigenvalue weighted by atomic mass is 10.0. The summed E-state index contributed by atoms with van der Waals surface area (Å²) in [6, 6.07) is 1.84. The van der Waals surface area contributed by atoms with Crippen LogP contribution in [0.2, 0.25) is 10.0 Å². The van der Waals surface area contributed by atoms with Crippen LogP contribution in [0.3, 0.4) is 0 Å². The maximum absolute atomic E-state index is 13.8. The molecule has 0 saturated carbocycles. The van der Waals surface area contributed by atoms with Gasteiger partial charge < -0.3 is 10.3 Å². The van der Waals surface area contributed by atoms with Gasteiger partial charge in [-0.05, 0) is 12.1 Å². The maximum atomic E-state index is 13.8. The quantitative estimate of drug-likeness (QED) is 0.410. The van der Waals surface area contributed by atoms with Gasteiger partial charge in [-0.1, -0.05) is 28.4 Å². The monoisotopic (exact) mass is 452 g/mol. The van der Waals surface area contributed by atoms with Crippen LogP contribution >= 0.6 is 23.2 Å². The molecule has 7 nitrogen and oxygen atoms in total. The largest absolute Gasteiger partial charge is 0.455 e. The Kier molecular flexibility index (Phi) is 6.11. The van der Waals surface area contributed by atoms with E-state index in [-0.39, 0.29) is 34.6 Å². The number of rotatable bonds is 5. The van der Waals surface area contributed by atoms with Crippen molar-refractivity contribution in [2.45, 2.75) is 25.2 Å². The summed E-state index contributed by atoms with van der Waals surface area (Å²) >= 11 is 12.1. The smallest absolute Gasteiger partial charge is 0.386 e. The molecule has 3 rings (SSSR count). The Hall–Kier alpha value is -2.24. The van der Waals surface area contributed by atoms with Crippen LogP contribution in [-0.4, -0.2) is 45.7 Å². The van der Waals surface area contributed by atoms with Crippen molar-refractivity contribution in [2.75, 3.05) is 13.1 Å². The van der Waals surface area contributed by atoms with Gasteiger partial charge in [-0.25, -0.2) is 4.39 Å². The number of aliphatic imine (C=N–C) groups is 1. The third kappa shape index (κ3) is 4.68. The van der Waals surface area contributed by atoms with Gasteiger partial charge in [0.25, 0.3) is 11.7 Å². The molecule has 0 aliphatic carbocycles. The second-order valence-corrected chi connectivity index (χ2v) is 7.00. The molecule has 1 atom stereocenters. The third-order valence-electron chi connectivity index (χ3n) is 4.30. The zero-order valence-electron chi connectivity index (χ0n) is 14.6. The van der Waals surface area contributed by atoms with Crippen LogP contribution in [0.4, 0.5) is 17.6 Å². The summed E-state index contributed by atoms with van der Waals surface area (Å²) in [4.78, 5) is 9.08. The summed E-state index contributed by atoms with van der Waals surface area (Å²) < 4.78 is 56.3. The van der Waals surface area contributed by atoms with Gasteiger partial charge in [0.05, 0.1) is 23.3 Å². The second kappa shape index (κ2) is 8.25. The van der Waals surface area contributed by atoms with Gasteiger partial charge in [0, 0.05) is 30.1 Å². The molecule has 13 heteroatoms. The topological polar surface area (TPSA) is 104 Å². The Morgan fingerprint density at radius 3 is 2.72 bits per heavy atom. The number of amidine groups is 1. The number of nitrogens with zero attached hydrogens (tertiary/aromatic N) is 4. The number of benzene rings is 1. The zero-order valence-corrected chi connectivity index (χ0v) is 16.1. The van der Waals surface area contributed by atoms with Crippen molar-refractivity contribution in [3.05, 3.63) is 45.3 Å². The molecular weight excluding hydrogens is 439 g/mol. The molecule has 1 aromatic carbocycles. The molecule has 156 valence electrons. The van der Waals surface area contributed by atoms with Crippen molar-refractivity contribution in [2.24, 2.45) is 10.7 Å². The van der Waals surface area contributed by atoms with Crippen LogP contribution in [0, 0.1) is 11.2 Å². The van der Waals surface area contributed by atoms with E-state index in [9.17, 15) is 17.6 Å². The Morgan fingerprint density at radius 2 is 2.07 bits per heavy atom. The Bertz CT molecular complexity index is 961. The number of hydrogen-bond acceptors (Lipinski definition) is 7. The summed E-state index contributed by atoms with van der Waals surface area (Å²) in [6.07, 6.45) is -4.94. The SMILES string of the molecule is N=C(CC1C(N)=NCCN1Cc1c(Cl)ccc(F)c1Cl)c1nc(C(F)(F)F)no1. The van der Waals surface area contributed by atoms with Gasteiger partial charge in [0.2, 0.25) is 0 Å². The van der Waals surface area contributed by atoms with Crippen LogP contribution in [0.15, 0.2) is 21.6 Å². The lowest BCUT2D eigenvalue weighted by molar-refractivity contribution is -0.146. The third-order valence-corrected chi connectivity index (χ3v) is 5.06. The first-order chi connectivity index (χ1) is 13.6. The van der Waals surface area contributed by atoms with Crippen molar-refractivity contribution >= 4 is 34.7 Å².